The maximum Gasteiger partial charge on any atom is 0.264 e. The van der Waals surface area contributed by atoms with Crippen molar-refractivity contribution in [3.05, 3.63) is 89.5 Å². The van der Waals surface area contributed by atoms with E-state index < -0.39 is 28.5 Å². The number of nitrogens with zero attached hydrogens (tertiary/aromatic N) is 2. The third-order valence-electron chi connectivity index (χ3n) is 7.24. The predicted octanol–water partition coefficient (Wildman–Crippen LogP) is 5.23. The molecule has 9 heteroatoms. The van der Waals surface area contributed by atoms with Crippen molar-refractivity contribution in [1.29, 1.82) is 0 Å². The van der Waals surface area contributed by atoms with Gasteiger partial charge in [-0.1, -0.05) is 55.8 Å². The molecule has 0 spiro atoms. The van der Waals surface area contributed by atoms with Crippen LogP contribution in [0.25, 0.3) is 0 Å². The average molecular weight is 580 g/mol. The van der Waals surface area contributed by atoms with Crippen molar-refractivity contribution in [3.63, 3.8) is 0 Å². The molecule has 8 nitrogen and oxygen atoms in total. The van der Waals surface area contributed by atoms with Gasteiger partial charge in [-0.25, -0.2) is 8.42 Å². The number of anilines is 1. The third-order valence-corrected chi connectivity index (χ3v) is 9.03. The topological polar surface area (TPSA) is 96.0 Å². The summed E-state index contributed by atoms with van der Waals surface area (Å²) >= 11 is 0. The molecular weight excluding hydrogens is 538 g/mol. The summed E-state index contributed by atoms with van der Waals surface area (Å²) in [6.45, 7) is 9.25. The zero-order valence-electron chi connectivity index (χ0n) is 24.8. The van der Waals surface area contributed by atoms with Gasteiger partial charge in [-0.15, -0.1) is 0 Å². The fourth-order valence-electron chi connectivity index (χ4n) is 4.45. The van der Waals surface area contributed by atoms with Crippen molar-refractivity contribution in [3.8, 4) is 5.75 Å². The summed E-state index contributed by atoms with van der Waals surface area (Å²) in [5, 5.41) is 3.00. The molecule has 220 valence electrons. The van der Waals surface area contributed by atoms with E-state index in [-0.39, 0.29) is 23.4 Å². The Morgan fingerprint density at radius 2 is 1.54 bits per heavy atom. The second kappa shape index (κ2) is 14.2. The van der Waals surface area contributed by atoms with Crippen LogP contribution in [0.15, 0.2) is 77.7 Å². The van der Waals surface area contributed by atoms with E-state index >= 15 is 0 Å². The van der Waals surface area contributed by atoms with Gasteiger partial charge >= 0.3 is 0 Å². The number of nitrogens with one attached hydrogen (secondary N) is 1. The lowest BCUT2D eigenvalue weighted by molar-refractivity contribution is -0.140. The molecule has 0 heterocycles. The summed E-state index contributed by atoms with van der Waals surface area (Å²) in [5.41, 5.74) is 3.08. The summed E-state index contributed by atoms with van der Waals surface area (Å²) < 4.78 is 34.3. The number of hydrogen-bond donors (Lipinski definition) is 1. The molecule has 0 fully saturated rings. The van der Waals surface area contributed by atoms with Crippen molar-refractivity contribution >= 4 is 27.5 Å². The van der Waals surface area contributed by atoms with Crippen molar-refractivity contribution in [2.24, 2.45) is 0 Å². The number of carbonyl (C=O) groups excluding carboxylic acids is 2. The number of sulfonamides is 1. The van der Waals surface area contributed by atoms with Gasteiger partial charge in [0.2, 0.25) is 11.8 Å². The number of carbonyl (C=O) groups is 2. The Bertz CT molecular complexity index is 1420. The Hall–Kier alpha value is -3.85. The highest BCUT2D eigenvalue weighted by atomic mass is 32.2. The lowest BCUT2D eigenvalue weighted by atomic mass is 10.1. The first-order valence-electron chi connectivity index (χ1n) is 13.9. The van der Waals surface area contributed by atoms with E-state index in [0.29, 0.717) is 17.9 Å². The van der Waals surface area contributed by atoms with Crippen LogP contribution in [0.3, 0.4) is 0 Å². The predicted molar refractivity (Wildman–Crippen MR) is 162 cm³/mol. The fraction of sp³-hybridized carbons (Fsp3) is 0.375. The van der Waals surface area contributed by atoms with Crippen molar-refractivity contribution in [2.45, 2.75) is 71.0 Å². The zero-order chi connectivity index (χ0) is 30.2. The molecule has 0 radical (unpaired) electrons. The maximum absolute atomic E-state index is 14.2. The van der Waals surface area contributed by atoms with Crippen molar-refractivity contribution < 1.29 is 22.7 Å². The summed E-state index contributed by atoms with van der Waals surface area (Å²) in [5.74, 6) is -0.186. The molecule has 2 atom stereocenters. The van der Waals surface area contributed by atoms with Crippen molar-refractivity contribution in [2.75, 3.05) is 18.0 Å². The first-order valence-corrected chi connectivity index (χ1v) is 15.3. The molecule has 0 bridgehead atoms. The van der Waals surface area contributed by atoms with Crippen LogP contribution >= 0.6 is 0 Å². The number of rotatable bonds is 13. The number of amides is 2. The summed E-state index contributed by atoms with van der Waals surface area (Å²) in [6, 6.07) is 19.8. The van der Waals surface area contributed by atoms with E-state index in [9.17, 15) is 18.0 Å². The molecule has 0 aliphatic carbocycles. The maximum atomic E-state index is 14.2. The minimum Gasteiger partial charge on any atom is -0.497 e. The van der Waals surface area contributed by atoms with Crippen LogP contribution in [0, 0.1) is 13.8 Å². The van der Waals surface area contributed by atoms with E-state index in [2.05, 4.69) is 5.32 Å². The second-order valence-electron chi connectivity index (χ2n) is 10.2. The molecule has 0 aromatic heterocycles. The highest BCUT2D eigenvalue weighted by Crippen LogP contribution is 2.27. The molecule has 3 aromatic rings. The van der Waals surface area contributed by atoms with Crippen LogP contribution in [0.4, 0.5) is 5.69 Å². The normalized spacial score (nSPS) is 12.7. The van der Waals surface area contributed by atoms with Crippen LogP contribution in [0.1, 0.15) is 50.3 Å². The molecule has 2 amide bonds. The number of aryl methyl sites for hydroxylation is 2. The van der Waals surface area contributed by atoms with Gasteiger partial charge in [0, 0.05) is 12.6 Å². The molecule has 0 saturated heterocycles. The molecule has 0 aliphatic heterocycles. The highest BCUT2D eigenvalue weighted by molar-refractivity contribution is 7.92. The minimum atomic E-state index is -4.13. The van der Waals surface area contributed by atoms with Crippen LogP contribution in [-0.2, 0) is 26.2 Å². The number of ether oxygens (including phenoxy) is 1. The van der Waals surface area contributed by atoms with Gasteiger partial charge in [0.05, 0.1) is 17.7 Å². The van der Waals surface area contributed by atoms with Gasteiger partial charge in [0.25, 0.3) is 10.0 Å². The van der Waals surface area contributed by atoms with E-state index in [1.807, 2.05) is 58.9 Å². The Labute approximate surface area is 244 Å². The Balaban J connectivity index is 2.07. The molecule has 3 rings (SSSR count). The van der Waals surface area contributed by atoms with Crippen LogP contribution in [-0.4, -0.2) is 50.9 Å². The molecule has 41 heavy (non-hydrogen) atoms. The van der Waals surface area contributed by atoms with Gasteiger partial charge in [-0.2, -0.15) is 0 Å². The SMILES string of the molecule is CC[C@H](C(=O)N[C@@H](C)CC)N(Cc1ccccc1C)C(=O)CN(c1ccc(OC)cc1)S(=O)(=O)c1ccc(C)cc1. The second-order valence-corrected chi connectivity index (χ2v) is 12.1. The summed E-state index contributed by atoms with van der Waals surface area (Å²) in [4.78, 5) is 29.1. The van der Waals surface area contributed by atoms with Crippen LogP contribution in [0.2, 0.25) is 0 Å². The smallest absolute Gasteiger partial charge is 0.264 e. The largest absolute Gasteiger partial charge is 0.497 e. The molecule has 3 aromatic carbocycles. The van der Waals surface area contributed by atoms with Gasteiger partial charge in [-0.05, 0) is 81.1 Å². The van der Waals surface area contributed by atoms with Crippen molar-refractivity contribution in [1.82, 2.24) is 10.2 Å². The van der Waals surface area contributed by atoms with E-state index in [1.54, 1.807) is 36.4 Å². The first-order chi connectivity index (χ1) is 19.5. The standard InChI is InChI=1S/C32H41N3O5S/c1-7-25(5)33-32(37)30(8-2)34(21-26-12-10-9-11-24(26)4)31(36)22-35(27-15-17-28(40-6)18-16-27)41(38,39)29-19-13-23(3)14-20-29/h9-20,25,30H,7-8,21-22H2,1-6H3,(H,33,37)/t25-,30+/m0/s1. The quantitative estimate of drug-likeness (QED) is 0.299. The van der Waals surface area contributed by atoms with Gasteiger partial charge in [0.15, 0.2) is 0 Å². The van der Waals surface area contributed by atoms with E-state index in [0.717, 1.165) is 27.4 Å². The Morgan fingerprint density at radius 1 is 0.902 bits per heavy atom. The van der Waals surface area contributed by atoms with Crippen LogP contribution < -0.4 is 14.4 Å². The zero-order valence-corrected chi connectivity index (χ0v) is 25.6. The number of methoxy groups -OCH3 is 1. The molecule has 0 aliphatic rings. The summed E-state index contributed by atoms with van der Waals surface area (Å²) in [6.07, 6.45) is 1.11. The lowest BCUT2D eigenvalue weighted by Crippen LogP contribution is -2.53. The first kappa shape index (κ1) is 31.7. The van der Waals surface area contributed by atoms with E-state index in [1.165, 1.54) is 24.1 Å². The fourth-order valence-corrected chi connectivity index (χ4v) is 5.86. The average Bonchev–Trinajstić information content (AvgIpc) is 2.96. The van der Waals surface area contributed by atoms with Gasteiger partial charge < -0.3 is 15.0 Å². The minimum absolute atomic E-state index is 0.0651. The third kappa shape index (κ3) is 7.88. The monoisotopic (exact) mass is 579 g/mol. The summed E-state index contributed by atoms with van der Waals surface area (Å²) in [7, 11) is -2.61. The Kier molecular flexibility index (Phi) is 10.9. The molecule has 0 saturated carbocycles. The highest BCUT2D eigenvalue weighted by Gasteiger charge is 2.34. The number of hydrogen-bond acceptors (Lipinski definition) is 5. The molecule has 1 N–H and O–H groups in total. The molecule has 0 unspecified atom stereocenters. The van der Waals surface area contributed by atoms with Gasteiger partial charge in [-0.3, -0.25) is 13.9 Å². The number of benzene rings is 3. The van der Waals surface area contributed by atoms with E-state index in [4.69, 9.17) is 4.74 Å². The Morgan fingerprint density at radius 3 is 2.10 bits per heavy atom. The van der Waals surface area contributed by atoms with Crippen LogP contribution in [0.5, 0.6) is 5.75 Å². The lowest BCUT2D eigenvalue weighted by Gasteiger charge is -2.34. The molecular formula is C32H41N3O5S. The van der Waals surface area contributed by atoms with Gasteiger partial charge in [0.1, 0.15) is 18.3 Å².